The van der Waals surface area contributed by atoms with E-state index in [4.69, 9.17) is 4.74 Å². The van der Waals surface area contributed by atoms with Gasteiger partial charge >= 0.3 is 0 Å². The molecule has 9 heteroatoms. The van der Waals surface area contributed by atoms with Crippen molar-refractivity contribution in [2.45, 2.75) is 18.4 Å². The summed E-state index contributed by atoms with van der Waals surface area (Å²) in [6.07, 6.45) is 5.02. The number of aromatic nitrogens is 2. The van der Waals surface area contributed by atoms with E-state index in [2.05, 4.69) is 20.3 Å². The smallest absolute Gasteiger partial charge is 0.194 e. The van der Waals surface area contributed by atoms with Gasteiger partial charge in [-0.15, -0.1) is 0 Å². The zero-order valence-electron chi connectivity index (χ0n) is 16.5. The first-order valence-corrected chi connectivity index (χ1v) is 11.2. The predicted octanol–water partition coefficient (Wildman–Crippen LogP) is 1.11. The molecule has 2 heterocycles. The van der Waals surface area contributed by atoms with Crippen LogP contribution in [0.25, 0.3) is 0 Å². The number of rotatable bonds is 5. The molecule has 1 atom stereocenters. The number of nitrogens with one attached hydrogen (secondary N) is 1. The molecule has 1 aliphatic heterocycles. The van der Waals surface area contributed by atoms with E-state index in [-0.39, 0.29) is 11.9 Å². The summed E-state index contributed by atoms with van der Waals surface area (Å²) in [5.41, 5.74) is 2.92. The maximum Gasteiger partial charge on any atom is 0.194 e. The minimum atomic E-state index is -3.02. The van der Waals surface area contributed by atoms with Crippen LogP contribution in [0.1, 0.15) is 22.8 Å². The van der Waals surface area contributed by atoms with Crippen molar-refractivity contribution in [3.8, 4) is 0 Å². The quantitative estimate of drug-likeness (QED) is 0.592. The number of sulfone groups is 1. The van der Waals surface area contributed by atoms with Crippen LogP contribution in [0.5, 0.6) is 0 Å². The SMILES string of the molecule is CN=C(NCc1ccc(CS(C)(=O)=O)cc1)N1CCOC(c2cnn(C)c2)C1. The van der Waals surface area contributed by atoms with Crippen LogP contribution >= 0.6 is 0 Å². The van der Waals surface area contributed by atoms with E-state index in [1.54, 1.807) is 11.7 Å². The predicted molar refractivity (Wildman–Crippen MR) is 109 cm³/mol. The van der Waals surface area contributed by atoms with Gasteiger partial charge in [-0.25, -0.2) is 8.42 Å². The fraction of sp³-hybridized carbons (Fsp3) is 0.474. The number of aryl methyl sites for hydroxylation is 1. The second-order valence-corrected chi connectivity index (χ2v) is 9.18. The van der Waals surface area contributed by atoms with Gasteiger partial charge in [0.1, 0.15) is 6.10 Å². The third-order valence-corrected chi connectivity index (χ3v) is 5.43. The van der Waals surface area contributed by atoms with Gasteiger partial charge in [0.2, 0.25) is 0 Å². The fourth-order valence-corrected chi connectivity index (χ4v) is 4.02. The molecule has 28 heavy (non-hydrogen) atoms. The molecule has 0 aliphatic carbocycles. The van der Waals surface area contributed by atoms with Crippen LogP contribution in [-0.2, 0) is 33.9 Å². The summed E-state index contributed by atoms with van der Waals surface area (Å²) in [4.78, 5) is 6.58. The van der Waals surface area contributed by atoms with E-state index >= 15 is 0 Å². The molecule has 0 radical (unpaired) electrons. The molecule has 3 rings (SSSR count). The minimum Gasteiger partial charge on any atom is -0.370 e. The molecule has 0 bridgehead atoms. The monoisotopic (exact) mass is 405 g/mol. The second-order valence-electron chi connectivity index (χ2n) is 7.04. The Morgan fingerprint density at radius 2 is 2.04 bits per heavy atom. The van der Waals surface area contributed by atoms with Crippen molar-refractivity contribution in [1.29, 1.82) is 0 Å². The Bertz CT molecular complexity index is 921. The fourth-order valence-electron chi connectivity index (χ4n) is 3.22. The van der Waals surface area contributed by atoms with Gasteiger partial charge in [0.25, 0.3) is 0 Å². The first-order valence-electron chi connectivity index (χ1n) is 9.15. The Morgan fingerprint density at radius 3 is 2.64 bits per heavy atom. The molecule has 2 aromatic rings. The summed E-state index contributed by atoms with van der Waals surface area (Å²) < 4.78 is 30.5. The Hall–Kier alpha value is -2.39. The highest BCUT2D eigenvalue weighted by molar-refractivity contribution is 7.89. The Kier molecular flexibility index (Phi) is 6.35. The highest BCUT2D eigenvalue weighted by Gasteiger charge is 2.25. The molecule has 1 aromatic heterocycles. The van der Waals surface area contributed by atoms with Crippen LogP contribution in [0.3, 0.4) is 0 Å². The van der Waals surface area contributed by atoms with E-state index in [0.717, 1.165) is 29.2 Å². The lowest BCUT2D eigenvalue weighted by molar-refractivity contribution is -0.00805. The molecule has 1 saturated heterocycles. The lowest BCUT2D eigenvalue weighted by Crippen LogP contribution is -2.47. The van der Waals surface area contributed by atoms with Gasteiger partial charge in [-0.3, -0.25) is 9.67 Å². The average molecular weight is 406 g/mol. The molecule has 1 aromatic carbocycles. The Morgan fingerprint density at radius 1 is 1.32 bits per heavy atom. The number of benzene rings is 1. The maximum absolute atomic E-state index is 11.4. The summed E-state index contributed by atoms with van der Waals surface area (Å²) in [7, 11) is 0.644. The van der Waals surface area contributed by atoms with Gasteiger partial charge in [-0.05, 0) is 11.1 Å². The lowest BCUT2D eigenvalue weighted by atomic mass is 10.1. The third kappa shape index (κ3) is 5.56. The summed E-state index contributed by atoms with van der Waals surface area (Å²) in [5.74, 6) is 0.878. The van der Waals surface area contributed by atoms with Crippen molar-refractivity contribution in [3.05, 3.63) is 53.3 Å². The topological polar surface area (TPSA) is 88.8 Å². The van der Waals surface area contributed by atoms with Crippen LogP contribution in [0.4, 0.5) is 0 Å². The Balaban J connectivity index is 1.58. The van der Waals surface area contributed by atoms with Crippen LogP contribution in [0.2, 0.25) is 0 Å². The molecule has 1 aliphatic rings. The molecule has 1 unspecified atom stereocenters. The van der Waals surface area contributed by atoms with Gasteiger partial charge < -0.3 is 15.0 Å². The highest BCUT2D eigenvalue weighted by atomic mass is 32.2. The first kappa shape index (κ1) is 20.3. The molecule has 152 valence electrons. The average Bonchev–Trinajstić information content (AvgIpc) is 3.09. The molecule has 0 saturated carbocycles. The van der Waals surface area contributed by atoms with Gasteiger partial charge in [-0.2, -0.15) is 5.10 Å². The summed E-state index contributed by atoms with van der Waals surface area (Å²) in [6.45, 7) is 2.71. The molecule has 0 spiro atoms. The lowest BCUT2D eigenvalue weighted by Gasteiger charge is -2.34. The third-order valence-electron chi connectivity index (χ3n) is 4.58. The van der Waals surface area contributed by atoms with Crippen molar-refractivity contribution in [3.63, 3.8) is 0 Å². The van der Waals surface area contributed by atoms with Crippen molar-refractivity contribution in [2.24, 2.45) is 12.0 Å². The largest absolute Gasteiger partial charge is 0.370 e. The van der Waals surface area contributed by atoms with E-state index in [1.165, 1.54) is 6.26 Å². The van der Waals surface area contributed by atoms with Crippen LogP contribution in [0.15, 0.2) is 41.7 Å². The van der Waals surface area contributed by atoms with Gasteiger partial charge in [0.15, 0.2) is 15.8 Å². The van der Waals surface area contributed by atoms with E-state index in [1.807, 2.05) is 43.7 Å². The molecule has 1 N–H and O–H groups in total. The number of aliphatic imine (C=N–C) groups is 1. The van der Waals surface area contributed by atoms with Crippen molar-refractivity contribution < 1.29 is 13.2 Å². The highest BCUT2D eigenvalue weighted by Crippen LogP contribution is 2.21. The summed E-state index contributed by atoms with van der Waals surface area (Å²) >= 11 is 0. The van der Waals surface area contributed by atoms with Gasteiger partial charge in [0.05, 0.1) is 25.1 Å². The standard InChI is InChI=1S/C19H27N5O3S/c1-20-19(21-10-15-4-6-16(7-5-15)14-28(3,25)26)24-8-9-27-18(13-24)17-11-22-23(2)12-17/h4-7,11-12,18H,8-10,13-14H2,1-3H3,(H,20,21). The number of hydrogen-bond acceptors (Lipinski definition) is 5. The molecular weight excluding hydrogens is 378 g/mol. The Labute approximate surface area is 166 Å². The van der Waals surface area contributed by atoms with Gasteiger partial charge in [0, 0.05) is 45.2 Å². The number of morpholine rings is 1. The maximum atomic E-state index is 11.4. The van der Waals surface area contributed by atoms with Gasteiger partial charge in [-0.1, -0.05) is 24.3 Å². The zero-order chi connectivity index (χ0) is 20.1. The molecule has 0 amide bonds. The molecule has 8 nitrogen and oxygen atoms in total. The minimum absolute atomic E-state index is 0.0312. The van der Waals surface area contributed by atoms with Crippen LogP contribution in [-0.4, -0.2) is 62.1 Å². The van der Waals surface area contributed by atoms with Crippen molar-refractivity contribution in [1.82, 2.24) is 20.0 Å². The summed E-state index contributed by atoms with van der Waals surface area (Å²) in [5, 5.41) is 7.60. The number of guanidine groups is 1. The zero-order valence-corrected chi connectivity index (χ0v) is 17.3. The normalized spacial score (nSPS) is 18.3. The van der Waals surface area contributed by atoms with Crippen molar-refractivity contribution >= 4 is 15.8 Å². The van der Waals surface area contributed by atoms with Crippen LogP contribution in [0, 0.1) is 0 Å². The molecule has 1 fully saturated rings. The number of nitrogens with zero attached hydrogens (tertiary/aromatic N) is 4. The van der Waals surface area contributed by atoms with E-state index < -0.39 is 9.84 Å². The molecular formula is C19H27N5O3S. The number of ether oxygens (including phenoxy) is 1. The first-order chi connectivity index (χ1) is 13.3. The van der Waals surface area contributed by atoms with Crippen molar-refractivity contribution in [2.75, 3.05) is 33.0 Å². The number of hydrogen-bond donors (Lipinski definition) is 1. The van der Waals surface area contributed by atoms with E-state index in [0.29, 0.717) is 19.7 Å². The van der Waals surface area contributed by atoms with Crippen LogP contribution < -0.4 is 5.32 Å². The summed E-state index contributed by atoms with van der Waals surface area (Å²) in [6, 6.07) is 7.60. The van der Waals surface area contributed by atoms with E-state index in [9.17, 15) is 8.42 Å². The second kappa shape index (κ2) is 8.74.